The average molecular weight is 309 g/mol. The van der Waals surface area contributed by atoms with Gasteiger partial charge in [-0.05, 0) is 37.5 Å². The van der Waals surface area contributed by atoms with Crippen LogP contribution in [0.25, 0.3) is 0 Å². The fraction of sp³-hybridized carbons (Fsp3) is 0.455. The van der Waals surface area contributed by atoms with Gasteiger partial charge in [0.1, 0.15) is 4.90 Å². The highest BCUT2D eigenvalue weighted by atomic mass is 35.5. The highest BCUT2D eigenvalue weighted by Gasteiger charge is 2.41. The lowest BCUT2D eigenvalue weighted by molar-refractivity contribution is 0.558. The van der Waals surface area contributed by atoms with Gasteiger partial charge in [-0.25, -0.2) is 13.1 Å². The lowest BCUT2D eigenvalue weighted by atomic mass is 10.2. The third-order valence-electron chi connectivity index (χ3n) is 2.97. The van der Waals surface area contributed by atoms with Gasteiger partial charge < -0.3 is 5.73 Å². The van der Waals surface area contributed by atoms with Crippen LogP contribution >= 0.6 is 23.2 Å². The van der Waals surface area contributed by atoms with Crippen molar-refractivity contribution in [2.45, 2.75) is 36.7 Å². The molecule has 0 atom stereocenters. The second kappa shape index (κ2) is 4.65. The number of rotatable bonds is 4. The summed E-state index contributed by atoms with van der Waals surface area (Å²) in [6, 6.07) is 2.92. The van der Waals surface area contributed by atoms with E-state index in [1.165, 1.54) is 6.07 Å². The van der Waals surface area contributed by atoms with Crippen molar-refractivity contribution in [3.63, 3.8) is 0 Å². The minimum absolute atomic E-state index is 0.00904. The number of hydrogen-bond donors (Lipinski definition) is 2. The van der Waals surface area contributed by atoms with E-state index in [1.54, 1.807) is 6.07 Å². The summed E-state index contributed by atoms with van der Waals surface area (Å²) in [5.74, 6) is 0. The maximum absolute atomic E-state index is 12.2. The Labute approximate surface area is 117 Å². The molecule has 1 fully saturated rings. The van der Waals surface area contributed by atoms with Crippen LogP contribution in [-0.4, -0.2) is 14.0 Å². The third kappa shape index (κ3) is 2.81. The average Bonchev–Trinajstić information content (AvgIpc) is 2.97. The summed E-state index contributed by atoms with van der Waals surface area (Å²) < 4.78 is 27.1. The summed E-state index contributed by atoms with van der Waals surface area (Å²) in [4.78, 5) is -0.00904. The number of benzene rings is 1. The van der Waals surface area contributed by atoms with E-state index in [-0.39, 0.29) is 22.0 Å². The molecule has 18 heavy (non-hydrogen) atoms. The lowest BCUT2D eigenvalue weighted by Gasteiger charge is -2.15. The molecule has 0 radical (unpaired) electrons. The second-order valence-corrected chi connectivity index (χ2v) is 7.21. The van der Waals surface area contributed by atoms with Crippen molar-refractivity contribution in [2.24, 2.45) is 5.73 Å². The normalized spacial score (nSPS) is 17.8. The largest absolute Gasteiger partial charge is 0.326 e. The van der Waals surface area contributed by atoms with Gasteiger partial charge in [-0.15, -0.1) is 0 Å². The van der Waals surface area contributed by atoms with E-state index in [9.17, 15) is 8.42 Å². The monoisotopic (exact) mass is 308 g/mol. The molecule has 0 aliphatic heterocycles. The predicted octanol–water partition coefficient (Wildman–Crippen LogP) is 2.28. The summed E-state index contributed by atoms with van der Waals surface area (Å²) in [6.45, 7) is 1.99. The van der Waals surface area contributed by atoms with Crippen molar-refractivity contribution < 1.29 is 8.42 Å². The smallest absolute Gasteiger partial charge is 0.242 e. The molecule has 0 bridgehead atoms. The quantitative estimate of drug-likeness (QED) is 0.896. The van der Waals surface area contributed by atoms with Crippen LogP contribution < -0.4 is 10.5 Å². The summed E-state index contributed by atoms with van der Waals surface area (Å²) in [5.41, 5.74) is 5.68. The third-order valence-corrected chi connectivity index (χ3v) is 5.41. The number of nitrogens with one attached hydrogen (secondary N) is 1. The standard InChI is InChI=1S/C11H14Cl2N2O2S/c1-11(2-3-11)15-18(16,17)9-5-8(12)4-7(6-14)10(9)13/h4-5,15H,2-3,6,14H2,1H3. The molecule has 4 nitrogen and oxygen atoms in total. The first-order chi connectivity index (χ1) is 8.27. The number of sulfonamides is 1. The van der Waals surface area contributed by atoms with E-state index >= 15 is 0 Å². The summed E-state index contributed by atoms with van der Waals surface area (Å²) in [7, 11) is -3.66. The topological polar surface area (TPSA) is 72.2 Å². The predicted molar refractivity (Wildman–Crippen MR) is 72.3 cm³/mol. The molecule has 0 aromatic heterocycles. The van der Waals surface area contributed by atoms with Gasteiger partial charge in [-0.2, -0.15) is 0 Å². The summed E-state index contributed by atoms with van der Waals surface area (Å²) >= 11 is 11.9. The Bertz CT molecular complexity index is 583. The van der Waals surface area contributed by atoms with E-state index in [0.29, 0.717) is 10.6 Å². The molecule has 1 aromatic carbocycles. The van der Waals surface area contributed by atoms with Crippen molar-refractivity contribution in [2.75, 3.05) is 0 Å². The second-order valence-electron chi connectivity index (χ2n) is 4.75. The van der Waals surface area contributed by atoms with Gasteiger partial charge in [0, 0.05) is 17.1 Å². The Balaban J connectivity index is 2.46. The van der Waals surface area contributed by atoms with Gasteiger partial charge in [0.2, 0.25) is 10.0 Å². The van der Waals surface area contributed by atoms with E-state index in [0.717, 1.165) is 12.8 Å². The van der Waals surface area contributed by atoms with Crippen LogP contribution in [0.1, 0.15) is 25.3 Å². The van der Waals surface area contributed by atoms with Crippen LogP contribution in [0.4, 0.5) is 0 Å². The van der Waals surface area contributed by atoms with Crippen molar-refractivity contribution in [1.82, 2.24) is 4.72 Å². The number of halogens is 2. The van der Waals surface area contributed by atoms with Gasteiger partial charge in [0.05, 0.1) is 5.02 Å². The molecular weight excluding hydrogens is 295 g/mol. The van der Waals surface area contributed by atoms with Gasteiger partial charge >= 0.3 is 0 Å². The SMILES string of the molecule is CC1(NS(=O)(=O)c2cc(Cl)cc(CN)c2Cl)CC1. The van der Waals surface area contributed by atoms with Gasteiger partial charge in [0.25, 0.3) is 0 Å². The molecule has 2 rings (SSSR count). The molecule has 0 amide bonds. The first-order valence-electron chi connectivity index (χ1n) is 5.49. The Hall–Kier alpha value is -0.330. The van der Waals surface area contributed by atoms with Crippen molar-refractivity contribution in [1.29, 1.82) is 0 Å². The summed E-state index contributed by atoms with van der Waals surface area (Å²) in [6.07, 6.45) is 1.66. The fourth-order valence-corrected chi connectivity index (χ4v) is 4.04. The van der Waals surface area contributed by atoms with E-state index < -0.39 is 10.0 Å². The van der Waals surface area contributed by atoms with Gasteiger partial charge in [-0.1, -0.05) is 23.2 Å². The van der Waals surface area contributed by atoms with Crippen LogP contribution in [0.15, 0.2) is 17.0 Å². The molecule has 1 aromatic rings. The molecular formula is C11H14Cl2N2O2S. The maximum atomic E-state index is 12.2. The highest BCUT2D eigenvalue weighted by Crippen LogP contribution is 2.37. The molecule has 0 unspecified atom stereocenters. The highest BCUT2D eigenvalue weighted by molar-refractivity contribution is 7.89. The van der Waals surface area contributed by atoms with E-state index in [2.05, 4.69) is 4.72 Å². The Morgan fingerprint density at radius 3 is 2.50 bits per heavy atom. The van der Waals surface area contributed by atoms with Gasteiger partial charge in [0.15, 0.2) is 0 Å². The number of hydrogen-bond acceptors (Lipinski definition) is 3. The first kappa shape index (κ1) is 14.1. The Morgan fingerprint density at radius 2 is 2.00 bits per heavy atom. The molecule has 7 heteroatoms. The van der Waals surface area contributed by atoms with Gasteiger partial charge in [-0.3, -0.25) is 0 Å². The zero-order valence-corrected chi connectivity index (χ0v) is 12.2. The van der Waals surface area contributed by atoms with Crippen molar-refractivity contribution >= 4 is 33.2 Å². The molecule has 0 spiro atoms. The zero-order valence-electron chi connectivity index (χ0n) is 9.83. The van der Waals surface area contributed by atoms with Crippen LogP contribution in [0.2, 0.25) is 10.0 Å². The van der Waals surface area contributed by atoms with Crippen molar-refractivity contribution in [3.05, 3.63) is 27.7 Å². The number of nitrogens with two attached hydrogens (primary N) is 1. The van der Waals surface area contributed by atoms with Crippen molar-refractivity contribution in [3.8, 4) is 0 Å². The van der Waals surface area contributed by atoms with E-state index in [4.69, 9.17) is 28.9 Å². The molecule has 0 saturated heterocycles. The van der Waals surface area contributed by atoms with Crippen LogP contribution in [0.3, 0.4) is 0 Å². The van der Waals surface area contributed by atoms with Crippen LogP contribution in [0, 0.1) is 0 Å². The lowest BCUT2D eigenvalue weighted by Crippen LogP contribution is -2.34. The van der Waals surface area contributed by atoms with Crippen LogP contribution in [-0.2, 0) is 16.6 Å². The minimum Gasteiger partial charge on any atom is -0.326 e. The molecule has 3 N–H and O–H groups in total. The van der Waals surface area contributed by atoms with E-state index in [1.807, 2.05) is 6.92 Å². The molecule has 0 heterocycles. The molecule has 1 aliphatic rings. The molecule has 1 saturated carbocycles. The minimum atomic E-state index is -3.66. The zero-order chi connectivity index (χ0) is 13.6. The maximum Gasteiger partial charge on any atom is 0.242 e. The fourth-order valence-electron chi connectivity index (χ4n) is 1.63. The molecule has 1 aliphatic carbocycles. The molecule has 100 valence electrons. The Morgan fingerprint density at radius 1 is 1.39 bits per heavy atom. The first-order valence-corrected chi connectivity index (χ1v) is 7.73. The Kier molecular flexibility index (Phi) is 3.64. The van der Waals surface area contributed by atoms with Crippen LogP contribution in [0.5, 0.6) is 0 Å². The summed E-state index contributed by atoms with van der Waals surface area (Å²) in [5, 5.41) is 0.444.